The fourth-order valence-electron chi connectivity index (χ4n) is 1.94. The van der Waals surface area contributed by atoms with Crippen molar-refractivity contribution in [3.63, 3.8) is 0 Å². The summed E-state index contributed by atoms with van der Waals surface area (Å²) in [6.07, 6.45) is 2.89. The van der Waals surface area contributed by atoms with Crippen molar-refractivity contribution in [2.75, 3.05) is 0 Å². The molecule has 0 amide bonds. The Kier molecular flexibility index (Phi) is 2.37. The Hall–Kier alpha value is -2.16. The number of aryl methyl sites for hydroxylation is 1. The number of benzene rings is 1. The first-order valence-electron chi connectivity index (χ1n) is 5.67. The molecule has 2 aromatic heterocycles. The minimum Gasteiger partial charge on any atom is -0.286 e. The maximum atomic E-state index is 4.24. The van der Waals surface area contributed by atoms with Crippen molar-refractivity contribution in [2.45, 2.75) is 13.3 Å². The highest BCUT2D eigenvalue weighted by Gasteiger charge is 2.05. The van der Waals surface area contributed by atoms with Crippen LogP contribution in [0.25, 0.3) is 5.65 Å². The molecular weight excluding hydrogens is 210 g/mol. The third-order valence-corrected chi connectivity index (χ3v) is 2.83. The lowest BCUT2D eigenvalue weighted by Crippen LogP contribution is -1.96. The first kappa shape index (κ1) is 10.0. The van der Waals surface area contributed by atoms with E-state index in [1.54, 1.807) is 0 Å². The van der Waals surface area contributed by atoms with E-state index in [9.17, 15) is 0 Å². The molecule has 0 atom stereocenters. The van der Waals surface area contributed by atoms with Crippen LogP contribution in [0.15, 0.2) is 48.7 Å². The Morgan fingerprint density at radius 2 is 1.82 bits per heavy atom. The van der Waals surface area contributed by atoms with Gasteiger partial charge in [0.1, 0.15) is 5.82 Å². The van der Waals surface area contributed by atoms with Crippen LogP contribution in [0.1, 0.15) is 17.0 Å². The molecule has 3 heteroatoms. The number of hydrogen-bond acceptors (Lipinski definition) is 2. The molecule has 0 fully saturated rings. The average molecular weight is 223 g/mol. The van der Waals surface area contributed by atoms with E-state index >= 15 is 0 Å². The van der Waals surface area contributed by atoms with Crippen molar-refractivity contribution >= 4 is 5.65 Å². The fraction of sp³-hybridized carbons (Fsp3) is 0.143. The summed E-state index contributed by atoms with van der Waals surface area (Å²) in [4.78, 5) is 0. The van der Waals surface area contributed by atoms with Crippen molar-refractivity contribution in [1.82, 2.24) is 14.6 Å². The van der Waals surface area contributed by atoms with E-state index in [1.807, 2.05) is 24.3 Å². The second-order valence-electron chi connectivity index (χ2n) is 4.21. The lowest BCUT2D eigenvalue weighted by Gasteiger charge is -2.01. The zero-order valence-corrected chi connectivity index (χ0v) is 9.67. The molecule has 0 saturated carbocycles. The number of fused-ring (bicyclic) bond motifs is 1. The van der Waals surface area contributed by atoms with Gasteiger partial charge in [0.05, 0.1) is 0 Å². The van der Waals surface area contributed by atoms with Gasteiger partial charge in [0.25, 0.3) is 0 Å². The summed E-state index contributed by atoms with van der Waals surface area (Å²) in [6, 6.07) is 14.4. The maximum absolute atomic E-state index is 4.24. The van der Waals surface area contributed by atoms with Crippen molar-refractivity contribution in [2.24, 2.45) is 0 Å². The molecule has 0 N–H and O–H groups in total. The van der Waals surface area contributed by atoms with Crippen LogP contribution in [0.5, 0.6) is 0 Å². The van der Waals surface area contributed by atoms with Gasteiger partial charge in [0, 0.05) is 12.6 Å². The van der Waals surface area contributed by atoms with Crippen molar-refractivity contribution < 1.29 is 0 Å². The molecule has 84 valence electrons. The van der Waals surface area contributed by atoms with Gasteiger partial charge < -0.3 is 0 Å². The molecule has 3 nitrogen and oxygen atoms in total. The normalized spacial score (nSPS) is 10.9. The molecule has 1 aromatic carbocycles. The van der Waals surface area contributed by atoms with Crippen LogP contribution in [-0.4, -0.2) is 14.6 Å². The SMILES string of the molecule is Cc1ccc2nnc(Cc3ccccc3)n2c1. The second-order valence-corrected chi connectivity index (χ2v) is 4.21. The lowest BCUT2D eigenvalue weighted by molar-refractivity contribution is 0.931. The summed E-state index contributed by atoms with van der Waals surface area (Å²) >= 11 is 0. The van der Waals surface area contributed by atoms with E-state index in [-0.39, 0.29) is 0 Å². The third kappa shape index (κ3) is 1.91. The predicted octanol–water partition coefficient (Wildman–Crippen LogP) is 2.63. The number of pyridine rings is 1. The quantitative estimate of drug-likeness (QED) is 0.668. The summed E-state index contributed by atoms with van der Waals surface area (Å²) < 4.78 is 2.06. The standard InChI is InChI=1S/C14H13N3/c1-11-7-8-13-15-16-14(17(13)10-11)9-12-5-3-2-4-6-12/h2-8,10H,9H2,1H3. The van der Waals surface area contributed by atoms with Crippen LogP contribution >= 0.6 is 0 Å². The van der Waals surface area contributed by atoms with E-state index in [0.717, 1.165) is 17.9 Å². The molecule has 0 spiro atoms. The van der Waals surface area contributed by atoms with Crippen LogP contribution < -0.4 is 0 Å². The highest BCUT2D eigenvalue weighted by Crippen LogP contribution is 2.10. The molecule has 0 aliphatic carbocycles. The van der Waals surface area contributed by atoms with Crippen molar-refractivity contribution in [3.05, 3.63) is 65.6 Å². The molecule has 0 radical (unpaired) electrons. The van der Waals surface area contributed by atoms with E-state index in [1.165, 1.54) is 11.1 Å². The summed E-state index contributed by atoms with van der Waals surface area (Å²) in [5.74, 6) is 0.981. The zero-order valence-electron chi connectivity index (χ0n) is 9.67. The first-order chi connectivity index (χ1) is 8.33. The Morgan fingerprint density at radius 1 is 1.00 bits per heavy atom. The fourth-order valence-corrected chi connectivity index (χ4v) is 1.94. The third-order valence-electron chi connectivity index (χ3n) is 2.83. The molecule has 17 heavy (non-hydrogen) atoms. The van der Waals surface area contributed by atoms with Gasteiger partial charge in [0.15, 0.2) is 5.65 Å². The Morgan fingerprint density at radius 3 is 2.65 bits per heavy atom. The molecule has 3 aromatic rings. The van der Waals surface area contributed by atoms with Gasteiger partial charge in [-0.1, -0.05) is 36.4 Å². The lowest BCUT2D eigenvalue weighted by atomic mass is 10.1. The van der Waals surface area contributed by atoms with E-state index in [2.05, 4.69) is 45.9 Å². The van der Waals surface area contributed by atoms with Gasteiger partial charge >= 0.3 is 0 Å². The number of rotatable bonds is 2. The highest BCUT2D eigenvalue weighted by molar-refractivity contribution is 5.39. The first-order valence-corrected chi connectivity index (χ1v) is 5.67. The van der Waals surface area contributed by atoms with Gasteiger partial charge in [0.2, 0.25) is 0 Å². The highest BCUT2D eigenvalue weighted by atomic mass is 15.2. The van der Waals surface area contributed by atoms with Crippen LogP contribution in [0.2, 0.25) is 0 Å². The molecule has 0 aliphatic heterocycles. The monoisotopic (exact) mass is 223 g/mol. The molecule has 0 aliphatic rings. The summed E-state index contributed by atoms with van der Waals surface area (Å²) in [5, 5.41) is 8.41. The number of nitrogens with zero attached hydrogens (tertiary/aromatic N) is 3. The minimum atomic E-state index is 0.811. The molecule has 0 unspecified atom stereocenters. The molecular formula is C14H13N3. The number of hydrogen-bond donors (Lipinski definition) is 0. The van der Waals surface area contributed by atoms with E-state index in [4.69, 9.17) is 0 Å². The summed E-state index contributed by atoms with van der Waals surface area (Å²) in [5.41, 5.74) is 3.37. The maximum Gasteiger partial charge on any atom is 0.160 e. The molecule has 0 bridgehead atoms. The Labute approximate surface area is 99.7 Å². The summed E-state index contributed by atoms with van der Waals surface area (Å²) in [6.45, 7) is 2.08. The number of aromatic nitrogens is 3. The minimum absolute atomic E-state index is 0.811. The molecule has 2 heterocycles. The van der Waals surface area contributed by atoms with Crippen LogP contribution in [0.4, 0.5) is 0 Å². The van der Waals surface area contributed by atoms with Crippen molar-refractivity contribution in [3.8, 4) is 0 Å². The van der Waals surface area contributed by atoms with Crippen LogP contribution in [0.3, 0.4) is 0 Å². The summed E-state index contributed by atoms with van der Waals surface area (Å²) in [7, 11) is 0. The van der Waals surface area contributed by atoms with Gasteiger partial charge in [-0.2, -0.15) is 0 Å². The zero-order chi connectivity index (χ0) is 11.7. The van der Waals surface area contributed by atoms with E-state index < -0.39 is 0 Å². The van der Waals surface area contributed by atoms with Gasteiger partial charge in [-0.3, -0.25) is 4.40 Å². The second kappa shape index (κ2) is 4.01. The van der Waals surface area contributed by atoms with Crippen LogP contribution in [0, 0.1) is 6.92 Å². The Balaban J connectivity index is 2.03. The van der Waals surface area contributed by atoms with Gasteiger partial charge in [-0.25, -0.2) is 0 Å². The smallest absolute Gasteiger partial charge is 0.160 e. The topological polar surface area (TPSA) is 30.2 Å². The average Bonchev–Trinajstić information content (AvgIpc) is 2.73. The largest absolute Gasteiger partial charge is 0.286 e. The van der Waals surface area contributed by atoms with Gasteiger partial charge in [-0.15, -0.1) is 10.2 Å². The van der Waals surface area contributed by atoms with Crippen molar-refractivity contribution in [1.29, 1.82) is 0 Å². The van der Waals surface area contributed by atoms with E-state index in [0.29, 0.717) is 0 Å². The van der Waals surface area contributed by atoms with Gasteiger partial charge in [-0.05, 0) is 24.1 Å². The molecule has 0 saturated heterocycles. The predicted molar refractivity (Wildman–Crippen MR) is 67.0 cm³/mol. The molecule has 3 rings (SSSR count). The van der Waals surface area contributed by atoms with Crippen LogP contribution in [-0.2, 0) is 6.42 Å². The Bertz CT molecular complexity index is 641.